The maximum atomic E-state index is 12.4. The van der Waals surface area contributed by atoms with Crippen molar-refractivity contribution < 1.29 is 23.9 Å². The van der Waals surface area contributed by atoms with Gasteiger partial charge < -0.3 is 10.1 Å². The molecule has 1 saturated heterocycles. The second kappa shape index (κ2) is 8.52. The lowest BCUT2D eigenvalue weighted by Crippen LogP contribution is -2.35. The van der Waals surface area contributed by atoms with Crippen LogP contribution in [0.1, 0.15) is 26.2 Å². The van der Waals surface area contributed by atoms with E-state index in [1.54, 1.807) is 6.07 Å². The van der Waals surface area contributed by atoms with Gasteiger partial charge in [0.05, 0.1) is 23.3 Å². The lowest BCUT2D eigenvalue weighted by atomic mass is 9.85. The van der Waals surface area contributed by atoms with Crippen molar-refractivity contribution in [3.63, 3.8) is 0 Å². The molecule has 1 fully saturated rings. The van der Waals surface area contributed by atoms with Gasteiger partial charge in [-0.2, -0.15) is 0 Å². The molecule has 0 aromatic carbocycles. The molecule has 1 N–H and O–H groups in total. The van der Waals surface area contributed by atoms with Crippen LogP contribution < -0.4 is 5.32 Å². The fraction of sp³-hybridized carbons (Fsp3) is 0.421. The molecule has 2 aliphatic rings. The van der Waals surface area contributed by atoms with Crippen molar-refractivity contribution in [1.29, 1.82) is 0 Å². The first-order valence-corrected chi connectivity index (χ1v) is 9.36. The molecule has 2 heterocycles. The van der Waals surface area contributed by atoms with Crippen LogP contribution in [-0.2, 0) is 23.9 Å². The first kappa shape index (κ1) is 20.0. The number of esters is 1. The molecule has 0 unspecified atom stereocenters. The smallest absolute Gasteiger partial charge is 0.308 e. The van der Waals surface area contributed by atoms with Crippen LogP contribution in [0.5, 0.6) is 0 Å². The molecule has 0 bridgehead atoms. The summed E-state index contributed by atoms with van der Waals surface area (Å²) in [4.78, 5) is 53.9. The Bertz CT molecular complexity index is 797. The van der Waals surface area contributed by atoms with Crippen molar-refractivity contribution in [2.45, 2.75) is 32.3 Å². The van der Waals surface area contributed by atoms with Gasteiger partial charge in [-0.15, -0.1) is 0 Å². The average Bonchev–Trinajstić information content (AvgIpc) is 2.92. The zero-order valence-electron chi connectivity index (χ0n) is 15.3. The summed E-state index contributed by atoms with van der Waals surface area (Å²) in [6.45, 7) is 1.38. The number of ether oxygens (including phenoxy) is 1. The van der Waals surface area contributed by atoms with Gasteiger partial charge in [0.1, 0.15) is 5.82 Å². The Morgan fingerprint density at radius 3 is 2.46 bits per heavy atom. The number of halogens is 1. The van der Waals surface area contributed by atoms with E-state index in [0.717, 1.165) is 4.90 Å². The normalized spacial score (nSPS) is 22.0. The highest BCUT2D eigenvalue weighted by molar-refractivity contribution is 6.30. The van der Waals surface area contributed by atoms with Crippen LogP contribution in [0.15, 0.2) is 30.5 Å². The highest BCUT2D eigenvalue weighted by Crippen LogP contribution is 2.35. The summed E-state index contributed by atoms with van der Waals surface area (Å²) in [6.07, 6.45) is 5.06. The molecule has 9 heteroatoms. The second-order valence-electron chi connectivity index (χ2n) is 6.72. The molecule has 0 saturated carbocycles. The van der Waals surface area contributed by atoms with Crippen LogP contribution in [-0.4, -0.2) is 46.2 Å². The van der Waals surface area contributed by atoms with Gasteiger partial charge in [0.2, 0.25) is 11.8 Å². The van der Waals surface area contributed by atoms with E-state index in [-0.39, 0.29) is 42.4 Å². The van der Waals surface area contributed by atoms with Gasteiger partial charge in [0.15, 0.2) is 6.10 Å². The molecule has 148 valence electrons. The maximum absolute atomic E-state index is 12.4. The fourth-order valence-electron chi connectivity index (χ4n) is 3.28. The van der Waals surface area contributed by atoms with Crippen LogP contribution in [0.3, 0.4) is 0 Å². The molecule has 0 spiro atoms. The number of allylic oxidation sites excluding steroid dienone is 2. The SMILES string of the molecule is C[C@H](OC(=O)CCN1C(=O)[C@H]2CC=CC[C@@H]2C1=O)C(=O)Nc1ccc(Cl)cn1. The van der Waals surface area contributed by atoms with E-state index in [4.69, 9.17) is 16.3 Å². The summed E-state index contributed by atoms with van der Waals surface area (Å²) >= 11 is 5.73. The van der Waals surface area contributed by atoms with E-state index >= 15 is 0 Å². The topological polar surface area (TPSA) is 106 Å². The van der Waals surface area contributed by atoms with Gasteiger partial charge in [-0.1, -0.05) is 23.8 Å². The van der Waals surface area contributed by atoms with Gasteiger partial charge in [-0.25, -0.2) is 4.98 Å². The predicted octanol–water partition coefficient (Wildman–Crippen LogP) is 1.95. The van der Waals surface area contributed by atoms with Crippen molar-refractivity contribution in [1.82, 2.24) is 9.88 Å². The van der Waals surface area contributed by atoms with Crippen LogP contribution in [0, 0.1) is 11.8 Å². The van der Waals surface area contributed by atoms with E-state index < -0.39 is 18.0 Å². The summed E-state index contributed by atoms with van der Waals surface area (Å²) in [7, 11) is 0. The first-order chi connectivity index (χ1) is 13.4. The highest BCUT2D eigenvalue weighted by atomic mass is 35.5. The number of nitrogens with one attached hydrogen (secondary N) is 1. The quantitative estimate of drug-likeness (QED) is 0.440. The number of amides is 3. The van der Waals surface area contributed by atoms with Crippen molar-refractivity contribution in [3.8, 4) is 0 Å². The van der Waals surface area contributed by atoms with E-state index in [9.17, 15) is 19.2 Å². The number of pyridine rings is 1. The Morgan fingerprint density at radius 1 is 1.25 bits per heavy atom. The summed E-state index contributed by atoms with van der Waals surface area (Å²) in [5.41, 5.74) is 0. The second-order valence-corrected chi connectivity index (χ2v) is 7.15. The minimum Gasteiger partial charge on any atom is -0.452 e. The molecule has 8 nitrogen and oxygen atoms in total. The minimum atomic E-state index is -1.05. The van der Waals surface area contributed by atoms with E-state index in [2.05, 4.69) is 10.3 Å². The average molecular weight is 406 g/mol. The van der Waals surface area contributed by atoms with Gasteiger partial charge in [-0.05, 0) is 31.9 Å². The third-order valence-electron chi connectivity index (χ3n) is 4.79. The molecule has 1 aliphatic heterocycles. The van der Waals surface area contributed by atoms with E-state index in [1.807, 2.05) is 12.2 Å². The summed E-state index contributed by atoms with van der Waals surface area (Å²) in [6, 6.07) is 3.09. The number of nitrogens with zero attached hydrogens (tertiary/aromatic N) is 2. The van der Waals surface area contributed by atoms with E-state index in [1.165, 1.54) is 19.2 Å². The standard InChI is InChI=1S/C19H20ClN3O5/c1-11(17(25)22-15-7-6-12(20)10-21-15)28-16(24)8-9-23-18(26)13-4-2-3-5-14(13)19(23)27/h2-3,6-7,10-11,13-14H,4-5,8-9H2,1H3,(H,21,22,25)/t11-,13-,14-/m0/s1. The summed E-state index contributed by atoms with van der Waals surface area (Å²) < 4.78 is 5.09. The monoisotopic (exact) mass is 405 g/mol. The van der Waals surface area contributed by atoms with Crippen LogP contribution in [0.25, 0.3) is 0 Å². The molecular formula is C19H20ClN3O5. The summed E-state index contributed by atoms with van der Waals surface area (Å²) in [5, 5.41) is 2.94. The molecule has 3 atom stereocenters. The Hall–Kier alpha value is -2.74. The van der Waals surface area contributed by atoms with Crippen LogP contribution in [0.4, 0.5) is 5.82 Å². The maximum Gasteiger partial charge on any atom is 0.308 e. The number of anilines is 1. The Labute approximate surface area is 166 Å². The van der Waals surface area contributed by atoms with Crippen molar-refractivity contribution in [3.05, 3.63) is 35.5 Å². The Balaban J connectivity index is 1.47. The molecule has 1 aromatic heterocycles. The molecule has 28 heavy (non-hydrogen) atoms. The van der Waals surface area contributed by atoms with Crippen molar-refractivity contribution >= 4 is 41.1 Å². The number of carbonyl (C=O) groups is 4. The van der Waals surface area contributed by atoms with Crippen molar-refractivity contribution in [2.24, 2.45) is 11.8 Å². The minimum absolute atomic E-state index is 0.0451. The third-order valence-corrected chi connectivity index (χ3v) is 5.02. The van der Waals surface area contributed by atoms with Crippen molar-refractivity contribution in [2.75, 3.05) is 11.9 Å². The van der Waals surface area contributed by atoms with E-state index in [0.29, 0.717) is 17.9 Å². The molecular weight excluding hydrogens is 386 g/mol. The third kappa shape index (κ3) is 4.39. The Morgan fingerprint density at radius 2 is 1.89 bits per heavy atom. The fourth-order valence-corrected chi connectivity index (χ4v) is 3.39. The number of carbonyl (C=O) groups excluding carboxylic acids is 4. The Kier molecular flexibility index (Phi) is 6.08. The highest BCUT2D eigenvalue weighted by Gasteiger charge is 2.47. The van der Waals surface area contributed by atoms with Crippen LogP contribution in [0.2, 0.25) is 5.02 Å². The molecule has 1 aromatic rings. The molecule has 3 rings (SSSR count). The lowest BCUT2D eigenvalue weighted by molar-refractivity contribution is -0.154. The molecule has 1 aliphatic carbocycles. The number of hydrogen-bond acceptors (Lipinski definition) is 6. The predicted molar refractivity (Wildman–Crippen MR) is 100 cm³/mol. The number of likely N-dealkylation sites (tertiary alicyclic amines) is 1. The summed E-state index contributed by atoms with van der Waals surface area (Å²) in [5.74, 6) is -2.08. The largest absolute Gasteiger partial charge is 0.452 e. The lowest BCUT2D eigenvalue weighted by Gasteiger charge is -2.16. The molecule has 3 amide bonds. The number of imide groups is 1. The van der Waals surface area contributed by atoms with Gasteiger partial charge in [0, 0.05) is 12.7 Å². The zero-order valence-corrected chi connectivity index (χ0v) is 16.0. The number of hydrogen-bond donors (Lipinski definition) is 1. The number of aromatic nitrogens is 1. The van der Waals surface area contributed by atoms with Gasteiger partial charge >= 0.3 is 5.97 Å². The van der Waals surface area contributed by atoms with Gasteiger partial charge in [-0.3, -0.25) is 24.1 Å². The van der Waals surface area contributed by atoms with Crippen LogP contribution >= 0.6 is 11.6 Å². The number of fused-ring (bicyclic) bond motifs is 1. The number of rotatable bonds is 6. The first-order valence-electron chi connectivity index (χ1n) is 8.99. The molecule has 0 radical (unpaired) electrons. The zero-order chi connectivity index (χ0) is 20.3. The van der Waals surface area contributed by atoms with Gasteiger partial charge in [0.25, 0.3) is 5.91 Å².